The van der Waals surface area contributed by atoms with E-state index in [0.29, 0.717) is 67.8 Å². The van der Waals surface area contributed by atoms with Crippen LogP contribution in [0.4, 0.5) is 32.3 Å². The Balaban J connectivity index is 1.42. The minimum Gasteiger partial charge on any atom is -0.325 e. The fourth-order valence-corrected chi connectivity index (χ4v) is 4.31. The van der Waals surface area contributed by atoms with Crippen molar-refractivity contribution in [3.8, 4) is 0 Å². The minimum atomic E-state index is -0.399. The number of hydrogen-bond acceptors (Lipinski definition) is 6. The Morgan fingerprint density at radius 1 is 0.526 bits per heavy atom. The van der Waals surface area contributed by atoms with E-state index in [2.05, 4.69) is 21.3 Å². The lowest BCUT2D eigenvalue weighted by molar-refractivity contribution is 0.261. The third-order valence-electron chi connectivity index (χ3n) is 5.25. The molecule has 0 aliphatic rings. The van der Waals surface area contributed by atoms with Gasteiger partial charge in [-0.15, -0.1) is 0 Å². The van der Waals surface area contributed by atoms with Gasteiger partial charge < -0.3 is 30.4 Å². The van der Waals surface area contributed by atoms with Crippen molar-refractivity contribution in [2.45, 2.75) is 9.79 Å². The molecule has 0 heterocycles. The highest BCUT2D eigenvalue weighted by atomic mass is 32.2. The number of carbonyl (C=O) groups excluding carboxylic acids is 2. The second-order valence-corrected chi connectivity index (χ2v) is 9.16. The molecule has 4 aromatic carbocycles. The predicted octanol–water partition coefficient (Wildman–Crippen LogP) is 8.28. The number of carbonyl (C=O) groups is 2. The van der Waals surface area contributed by atoms with E-state index in [-0.39, 0.29) is 0 Å². The predicted molar refractivity (Wildman–Crippen MR) is 157 cm³/mol. The Bertz CT molecular complexity index is 1320. The maximum absolute atomic E-state index is 12.3. The van der Waals surface area contributed by atoms with Gasteiger partial charge in [-0.1, -0.05) is 60.7 Å². The van der Waals surface area contributed by atoms with E-state index in [1.807, 2.05) is 36.4 Å². The quantitative estimate of drug-likeness (QED) is 0.0980. The smallest absolute Gasteiger partial charge is 0.323 e. The fourth-order valence-electron chi connectivity index (χ4n) is 3.47. The van der Waals surface area contributed by atoms with Crippen LogP contribution in [0.15, 0.2) is 107 Å². The Morgan fingerprint density at radius 3 is 1.26 bits per heavy atom. The van der Waals surface area contributed by atoms with Crippen LogP contribution < -0.4 is 21.3 Å². The van der Waals surface area contributed by atoms with E-state index in [4.69, 9.17) is 0 Å². The molecule has 0 aromatic heterocycles. The van der Waals surface area contributed by atoms with Crippen LogP contribution in [-0.4, -0.2) is 21.2 Å². The molecule has 0 radical (unpaired) electrons. The molecule has 0 fully saturated rings. The molecule has 10 heteroatoms. The summed E-state index contributed by atoms with van der Waals surface area (Å²) in [6, 6.07) is 27.7. The van der Waals surface area contributed by atoms with Crippen LogP contribution in [0, 0.1) is 0 Å². The molecule has 4 rings (SSSR count). The summed E-state index contributed by atoms with van der Waals surface area (Å²) in [5.41, 5.74) is 3.79. The average molecular weight is 545 g/mol. The molecular formula is C28H24N4O4S2. The number of anilines is 4. The van der Waals surface area contributed by atoms with E-state index in [9.17, 15) is 18.7 Å². The van der Waals surface area contributed by atoms with Gasteiger partial charge in [0.2, 0.25) is 0 Å². The third kappa shape index (κ3) is 7.64. The summed E-state index contributed by atoms with van der Waals surface area (Å²) in [6.45, 7) is 0. The highest BCUT2D eigenvalue weighted by Gasteiger charge is 2.09. The second kappa shape index (κ2) is 13.4. The molecule has 4 amide bonds. The van der Waals surface area contributed by atoms with Crippen LogP contribution in [0.3, 0.4) is 0 Å². The molecule has 0 saturated carbocycles. The van der Waals surface area contributed by atoms with Gasteiger partial charge in [0, 0.05) is 56.6 Å². The molecular weight excluding hydrogens is 520 g/mol. The number of urea groups is 2. The van der Waals surface area contributed by atoms with Crippen molar-refractivity contribution in [1.29, 1.82) is 0 Å². The van der Waals surface area contributed by atoms with Crippen LogP contribution in [0.5, 0.6) is 0 Å². The number of para-hydroxylation sites is 2. The summed E-state index contributed by atoms with van der Waals surface area (Å²) in [5, 5.41) is 11.0. The Labute approximate surface area is 228 Å². The van der Waals surface area contributed by atoms with Crippen molar-refractivity contribution in [3.05, 3.63) is 108 Å². The summed E-state index contributed by atoms with van der Waals surface area (Å²) >= 11 is 1.13. The summed E-state index contributed by atoms with van der Waals surface area (Å²) < 4.78 is 19.6. The standard InChI is InChI=1S/C28H24N4O4S2/c33-27(29-21-7-3-1-4-8-21)31-23-15-13-19(25(17-23)37-35)11-12-20-14-16-24(18-26(20)38-36)32-28(34)30-22-9-5-2-6-10-22/h1-18,35-36H,(H2,29,31,33)(H2,30,32,34)/b12-11+. The zero-order chi connectivity index (χ0) is 26.7. The lowest BCUT2D eigenvalue weighted by Crippen LogP contribution is -2.19. The van der Waals surface area contributed by atoms with Gasteiger partial charge in [0.15, 0.2) is 0 Å². The highest BCUT2D eigenvalue weighted by Crippen LogP contribution is 2.29. The van der Waals surface area contributed by atoms with Crippen LogP contribution in [0.2, 0.25) is 0 Å². The van der Waals surface area contributed by atoms with Crippen LogP contribution in [0.25, 0.3) is 12.2 Å². The van der Waals surface area contributed by atoms with Gasteiger partial charge in [-0.05, 0) is 59.7 Å². The molecule has 4 aromatic rings. The molecule has 0 unspecified atom stereocenters. The maximum Gasteiger partial charge on any atom is 0.323 e. The van der Waals surface area contributed by atoms with Gasteiger partial charge in [-0.25, -0.2) is 9.59 Å². The summed E-state index contributed by atoms with van der Waals surface area (Å²) in [5.74, 6) is 0. The topological polar surface area (TPSA) is 123 Å². The summed E-state index contributed by atoms with van der Waals surface area (Å²) in [7, 11) is 0. The van der Waals surface area contributed by atoms with Gasteiger partial charge in [-0.3, -0.25) is 0 Å². The van der Waals surface area contributed by atoms with Crippen LogP contribution in [0.1, 0.15) is 11.1 Å². The first-order chi connectivity index (χ1) is 18.5. The maximum atomic E-state index is 12.3. The van der Waals surface area contributed by atoms with Gasteiger partial charge >= 0.3 is 12.1 Å². The normalized spacial score (nSPS) is 10.7. The molecule has 192 valence electrons. The number of hydrogen-bond donors (Lipinski definition) is 6. The van der Waals surface area contributed by atoms with Gasteiger partial charge in [-0.2, -0.15) is 0 Å². The SMILES string of the molecule is O=C(Nc1ccccc1)Nc1ccc(/C=C/c2ccc(NC(=O)Nc3ccccc3)cc2SO)c(SO)c1. The summed E-state index contributed by atoms with van der Waals surface area (Å²) in [4.78, 5) is 25.6. The molecule has 0 aliphatic heterocycles. The Hall–Kier alpha value is -4.22. The van der Waals surface area contributed by atoms with E-state index >= 15 is 0 Å². The molecule has 0 spiro atoms. The first-order valence-electron chi connectivity index (χ1n) is 11.4. The number of nitrogens with one attached hydrogen (secondary N) is 4. The van der Waals surface area contributed by atoms with Crippen molar-refractivity contribution in [2.24, 2.45) is 0 Å². The molecule has 0 aliphatic carbocycles. The Morgan fingerprint density at radius 2 is 0.895 bits per heavy atom. The largest absolute Gasteiger partial charge is 0.325 e. The van der Waals surface area contributed by atoms with Crippen molar-refractivity contribution in [3.63, 3.8) is 0 Å². The zero-order valence-corrected chi connectivity index (χ0v) is 21.6. The molecule has 0 atom stereocenters. The van der Waals surface area contributed by atoms with E-state index in [0.717, 1.165) is 0 Å². The van der Waals surface area contributed by atoms with E-state index in [1.54, 1.807) is 72.8 Å². The molecule has 6 N–H and O–H groups in total. The highest BCUT2D eigenvalue weighted by molar-refractivity contribution is 7.94. The van der Waals surface area contributed by atoms with Gasteiger partial charge in [0.1, 0.15) is 0 Å². The second-order valence-electron chi connectivity index (χ2n) is 7.91. The molecule has 38 heavy (non-hydrogen) atoms. The third-order valence-corrected chi connectivity index (χ3v) is 6.35. The molecule has 8 nitrogen and oxygen atoms in total. The van der Waals surface area contributed by atoms with E-state index < -0.39 is 12.1 Å². The van der Waals surface area contributed by atoms with Crippen molar-refractivity contribution < 1.29 is 18.7 Å². The average Bonchev–Trinajstić information content (AvgIpc) is 2.93. The zero-order valence-electron chi connectivity index (χ0n) is 19.9. The van der Waals surface area contributed by atoms with Crippen LogP contribution in [-0.2, 0) is 0 Å². The van der Waals surface area contributed by atoms with Crippen molar-refractivity contribution >= 4 is 71.0 Å². The number of amides is 4. The lowest BCUT2D eigenvalue weighted by atomic mass is 10.1. The monoisotopic (exact) mass is 544 g/mol. The van der Waals surface area contributed by atoms with Crippen LogP contribution >= 0.6 is 24.1 Å². The Kier molecular flexibility index (Phi) is 9.43. The van der Waals surface area contributed by atoms with Gasteiger partial charge in [0.05, 0.1) is 0 Å². The molecule has 0 bridgehead atoms. The first-order valence-corrected chi connectivity index (χ1v) is 12.9. The van der Waals surface area contributed by atoms with Crippen molar-refractivity contribution in [2.75, 3.05) is 21.3 Å². The number of benzene rings is 4. The fraction of sp³-hybridized carbons (Fsp3) is 0. The molecule has 0 saturated heterocycles. The lowest BCUT2D eigenvalue weighted by Gasteiger charge is -2.11. The first kappa shape index (κ1) is 26.8. The van der Waals surface area contributed by atoms with Crippen molar-refractivity contribution in [1.82, 2.24) is 0 Å². The van der Waals surface area contributed by atoms with E-state index in [1.165, 1.54) is 0 Å². The number of rotatable bonds is 8. The summed E-state index contributed by atoms with van der Waals surface area (Å²) in [6.07, 6.45) is 3.58. The van der Waals surface area contributed by atoms with Gasteiger partial charge in [0.25, 0.3) is 0 Å². The minimum absolute atomic E-state index is 0.399.